The van der Waals surface area contributed by atoms with Crippen molar-refractivity contribution < 1.29 is 14.6 Å². The zero-order valence-corrected chi connectivity index (χ0v) is 5.11. The van der Waals surface area contributed by atoms with Crippen LogP contribution in [0.15, 0.2) is 5.11 Å². The van der Waals surface area contributed by atoms with E-state index in [9.17, 15) is 5.21 Å². The standard InChI is InChI=1S/C4H8N2O3/c1-8-3-4-2-5-6(7)9-4/h4H,2-3H2,1H3. The summed E-state index contributed by atoms with van der Waals surface area (Å²) in [7, 11) is 1.55. The summed E-state index contributed by atoms with van der Waals surface area (Å²) in [6, 6.07) is 0. The average Bonchev–Trinajstić information content (AvgIpc) is 2.17. The van der Waals surface area contributed by atoms with Gasteiger partial charge in [-0.15, -0.1) is 0 Å². The largest absolute Gasteiger partial charge is 0.383 e. The van der Waals surface area contributed by atoms with Gasteiger partial charge in [0.2, 0.25) is 0 Å². The first kappa shape index (κ1) is 6.28. The minimum Gasteiger partial charge on any atom is -0.383 e. The Kier molecular flexibility index (Phi) is 1.84. The molecule has 0 bridgehead atoms. The van der Waals surface area contributed by atoms with E-state index in [4.69, 9.17) is 4.74 Å². The summed E-state index contributed by atoms with van der Waals surface area (Å²) in [4.78, 5) is 4.59. The normalized spacial score (nSPS) is 25.4. The van der Waals surface area contributed by atoms with E-state index in [-0.39, 0.29) is 11.1 Å². The molecule has 5 heteroatoms. The molecule has 1 aliphatic heterocycles. The Bertz CT molecular complexity index is 125. The van der Waals surface area contributed by atoms with Gasteiger partial charge in [0.1, 0.15) is 12.6 Å². The number of hydrogen-bond donors (Lipinski definition) is 0. The smallest absolute Gasteiger partial charge is 0.169 e. The zero-order chi connectivity index (χ0) is 6.69. The lowest BCUT2D eigenvalue weighted by molar-refractivity contribution is -0.781. The summed E-state index contributed by atoms with van der Waals surface area (Å²) >= 11 is 0. The van der Waals surface area contributed by atoms with Crippen molar-refractivity contribution in [1.29, 1.82) is 0 Å². The van der Waals surface area contributed by atoms with Crippen molar-refractivity contribution >= 4 is 0 Å². The molecule has 0 fully saturated rings. The molecule has 0 spiro atoms. The maximum absolute atomic E-state index is 10.2. The first-order valence-corrected chi connectivity index (χ1v) is 2.63. The van der Waals surface area contributed by atoms with Crippen LogP contribution in [0.5, 0.6) is 0 Å². The first-order chi connectivity index (χ1) is 4.33. The van der Waals surface area contributed by atoms with Gasteiger partial charge in [0.15, 0.2) is 5.02 Å². The third kappa shape index (κ3) is 1.53. The van der Waals surface area contributed by atoms with Gasteiger partial charge in [-0.3, -0.25) is 0 Å². The van der Waals surface area contributed by atoms with E-state index in [0.717, 1.165) is 0 Å². The molecule has 0 N–H and O–H groups in total. The molecule has 1 unspecified atom stereocenters. The highest BCUT2D eigenvalue weighted by molar-refractivity contribution is 4.56. The van der Waals surface area contributed by atoms with Crippen LogP contribution in [0.25, 0.3) is 0 Å². The Morgan fingerprint density at radius 3 is 3.22 bits per heavy atom. The summed E-state index contributed by atoms with van der Waals surface area (Å²) in [5, 5.41) is 13.8. The molecule has 1 heterocycles. The summed E-state index contributed by atoms with van der Waals surface area (Å²) in [6.45, 7) is 0.819. The lowest BCUT2D eigenvalue weighted by Gasteiger charge is -2.05. The van der Waals surface area contributed by atoms with Gasteiger partial charge in [-0.05, 0) is 0 Å². The Balaban J connectivity index is 2.21. The Morgan fingerprint density at radius 2 is 2.78 bits per heavy atom. The molecule has 5 nitrogen and oxygen atoms in total. The van der Waals surface area contributed by atoms with E-state index < -0.39 is 0 Å². The van der Waals surface area contributed by atoms with Gasteiger partial charge in [-0.25, -0.2) is 5.21 Å². The minimum atomic E-state index is -0.188. The number of ether oxygens (including phenoxy) is 1. The van der Waals surface area contributed by atoms with Crippen molar-refractivity contribution in [2.75, 3.05) is 20.3 Å². The Hall–Kier alpha value is -0.840. The van der Waals surface area contributed by atoms with Crippen molar-refractivity contribution in [3.05, 3.63) is 5.21 Å². The summed E-state index contributed by atoms with van der Waals surface area (Å²) in [6.07, 6.45) is -0.188. The molecule has 0 aromatic carbocycles. The third-order valence-corrected chi connectivity index (χ3v) is 0.993. The highest BCUT2D eigenvalue weighted by Gasteiger charge is 2.17. The second-order valence-corrected chi connectivity index (χ2v) is 1.74. The number of methoxy groups -OCH3 is 1. The predicted molar refractivity (Wildman–Crippen MR) is 27.7 cm³/mol. The van der Waals surface area contributed by atoms with Crippen molar-refractivity contribution in [2.24, 2.45) is 5.11 Å². The Labute approximate surface area is 52.4 Å². The average molecular weight is 132 g/mol. The molecular weight excluding hydrogens is 124 g/mol. The van der Waals surface area contributed by atoms with Gasteiger partial charge in [0, 0.05) is 12.2 Å². The van der Waals surface area contributed by atoms with Crippen LogP contribution in [0.3, 0.4) is 0 Å². The van der Waals surface area contributed by atoms with E-state index in [0.29, 0.717) is 13.2 Å². The molecule has 0 amide bonds. The Morgan fingerprint density at radius 1 is 2.00 bits per heavy atom. The fraction of sp³-hybridized carbons (Fsp3) is 1.00. The minimum absolute atomic E-state index is 0.188. The van der Waals surface area contributed by atoms with Crippen molar-refractivity contribution in [3.8, 4) is 0 Å². The van der Waals surface area contributed by atoms with E-state index in [2.05, 4.69) is 9.95 Å². The topological polar surface area (TPSA) is 56.9 Å². The zero-order valence-electron chi connectivity index (χ0n) is 5.11. The molecule has 52 valence electrons. The maximum Gasteiger partial charge on any atom is 0.169 e. The van der Waals surface area contributed by atoms with Crippen molar-refractivity contribution in [3.63, 3.8) is 0 Å². The van der Waals surface area contributed by atoms with E-state index in [1.807, 2.05) is 0 Å². The molecule has 0 saturated carbocycles. The van der Waals surface area contributed by atoms with Crippen LogP contribution in [0, 0.1) is 5.21 Å². The summed E-state index contributed by atoms with van der Waals surface area (Å²) < 4.78 is 4.72. The van der Waals surface area contributed by atoms with E-state index in [1.54, 1.807) is 7.11 Å². The molecule has 0 aromatic rings. The van der Waals surface area contributed by atoms with Gasteiger partial charge < -0.3 is 9.57 Å². The van der Waals surface area contributed by atoms with Crippen LogP contribution in [0.2, 0.25) is 0 Å². The van der Waals surface area contributed by atoms with Crippen molar-refractivity contribution in [2.45, 2.75) is 6.10 Å². The maximum atomic E-state index is 10.2. The molecule has 0 saturated heterocycles. The lowest BCUT2D eigenvalue weighted by Crippen LogP contribution is -2.18. The van der Waals surface area contributed by atoms with Gasteiger partial charge >= 0.3 is 0 Å². The van der Waals surface area contributed by atoms with Crippen LogP contribution in [-0.4, -0.2) is 31.4 Å². The van der Waals surface area contributed by atoms with Crippen LogP contribution in [-0.2, 0) is 9.57 Å². The molecule has 1 aliphatic rings. The van der Waals surface area contributed by atoms with E-state index in [1.165, 1.54) is 0 Å². The second-order valence-electron chi connectivity index (χ2n) is 1.74. The number of hydrogen-bond acceptors (Lipinski definition) is 4. The highest BCUT2D eigenvalue weighted by Crippen LogP contribution is 2.01. The fourth-order valence-corrected chi connectivity index (χ4v) is 0.621. The van der Waals surface area contributed by atoms with Crippen LogP contribution in [0.1, 0.15) is 0 Å². The van der Waals surface area contributed by atoms with Gasteiger partial charge in [0.25, 0.3) is 0 Å². The van der Waals surface area contributed by atoms with Crippen LogP contribution >= 0.6 is 0 Å². The lowest BCUT2D eigenvalue weighted by atomic mass is 10.4. The fourth-order valence-electron chi connectivity index (χ4n) is 0.621. The molecule has 9 heavy (non-hydrogen) atoms. The molecule has 0 radical (unpaired) electrons. The molecule has 0 aromatic heterocycles. The third-order valence-electron chi connectivity index (χ3n) is 0.993. The summed E-state index contributed by atoms with van der Waals surface area (Å²) in [5.41, 5.74) is 0. The van der Waals surface area contributed by atoms with E-state index >= 15 is 0 Å². The van der Waals surface area contributed by atoms with Gasteiger partial charge in [0.05, 0.1) is 6.61 Å². The molecular formula is C4H8N2O3. The first-order valence-electron chi connectivity index (χ1n) is 2.63. The molecule has 0 aliphatic carbocycles. The predicted octanol–water partition coefficient (Wildman–Crippen LogP) is -0.0909. The van der Waals surface area contributed by atoms with Crippen LogP contribution in [0.4, 0.5) is 0 Å². The second kappa shape index (κ2) is 2.63. The number of nitrogens with zero attached hydrogens (tertiary/aromatic N) is 2. The van der Waals surface area contributed by atoms with Gasteiger partial charge in [-0.1, -0.05) is 0 Å². The van der Waals surface area contributed by atoms with Crippen LogP contribution < -0.4 is 0 Å². The van der Waals surface area contributed by atoms with Gasteiger partial charge in [-0.2, -0.15) is 0 Å². The molecule has 1 rings (SSSR count). The van der Waals surface area contributed by atoms with Crippen molar-refractivity contribution in [1.82, 2.24) is 0 Å². The highest BCUT2D eigenvalue weighted by atomic mass is 16.9. The monoisotopic (exact) mass is 132 g/mol. The SMILES string of the molecule is COCC1CN=[N+]([O-])O1. The summed E-state index contributed by atoms with van der Waals surface area (Å²) in [5.74, 6) is 0. The number of rotatable bonds is 2. The quantitative estimate of drug-likeness (QED) is 0.493. The molecule has 1 atom stereocenters.